The maximum Gasteiger partial charge on any atom is 0.222 e. The number of ether oxygens (including phenoxy) is 2. The van der Waals surface area contributed by atoms with Gasteiger partial charge in [0.2, 0.25) is 5.91 Å². The summed E-state index contributed by atoms with van der Waals surface area (Å²) in [5, 5.41) is 2.96. The maximum absolute atomic E-state index is 12.3. The third kappa shape index (κ3) is 5.23. The summed E-state index contributed by atoms with van der Waals surface area (Å²) < 4.78 is 11.7. The standard InChI is InChI=1S/C22H28N2O3/c1-26-20-13-7-10-17(22(20)27-18-11-5-6-12-18)15-24-21(25)14-19(23)16-8-3-2-4-9-16/h2-4,7-10,13,18-19H,5-6,11-12,14-15,23H2,1H3,(H,24,25). The summed E-state index contributed by atoms with van der Waals surface area (Å²) in [6, 6.07) is 15.1. The van der Waals surface area contributed by atoms with Crippen LogP contribution in [0.25, 0.3) is 0 Å². The van der Waals surface area contributed by atoms with Gasteiger partial charge in [-0.2, -0.15) is 0 Å². The first-order valence-electron chi connectivity index (χ1n) is 9.57. The largest absolute Gasteiger partial charge is 0.493 e. The molecule has 2 aromatic carbocycles. The Kier molecular flexibility index (Phi) is 6.71. The van der Waals surface area contributed by atoms with Crippen molar-refractivity contribution in [3.63, 3.8) is 0 Å². The molecule has 0 spiro atoms. The van der Waals surface area contributed by atoms with Gasteiger partial charge in [-0.1, -0.05) is 42.5 Å². The number of nitrogens with two attached hydrogens (primary N) is 1. The molecule has 1 aliphatic rings. The summed E-state index contributed by atoms with van der Waals surface area (Å²) in [5.41, 5.74) is 8.02. The van der Waals surface area contributed by atoms with Crippen molar-refractivity contribution >= 4 is 5.91 Å². The molecule has 1 saturated carbocycles. The molecule has 5 nitrogen and oxygen atoms in total. The van der Waals surface area contributed by atoms with Crippen molar-refractivity contribution in [3.8, 4) is 11.5 Å². The van der Waals surface area contributed by atoms with Gasteiger partial charge in [-0.15, -0.1) is 0 Å². The molecular weight excluding hydrogens is 340 g/mol. The number of para-hydroxylation sites is 1. The highest BCUT2D eigenvalue weighted by Gasteiger charge is 2.21. The molecule has 1 fully saturated rings. The van der Waals surface area contributed by atoms with E-state index in [4.69, 9.17) is 15.2 Å². The molecule has 0 aliphatic heterocycles. The molecule has 5 heteroatoms. The van der Waals surface area contributed by atoms with Crippen LogP contribution in [-0.2, 0) is 11.3 Å². The molecule has 144 valence electrons. The van der Waals surface area contributed by atoms with E-state index in [1.54, 1.807) is 7.11 Å². The van der Waals surface area contributed by atoms with Crippen LogP contribution in [0.15, 0.2) is 48.5 Å². The van der Waals surface area contributed by atoms with Gasteiger partial charge in [-0.05, 0) is 37.3 Å². The van der Waals surface area contributed by atoms with Gasteiger partial charge >= 0.3 is 0 Å². The first-order valence-corrected chi connectivity index (χ1v) is 9.57. The van der Waals surface area contributed by atoms with Crippen LogP contribution in [0.1, 0.15) is 49.3 Å². The molecule has 27 heavy (non-hydrogen) atoms. The van der Waals surface area contributed by atoms with Gasteiger partial charge in [-0.25, -0.2) is 0 Å². The van der Waals surface area contributed by atoms with E-state index >= 15 is 0 Å². The third-order valence-corrected chi connectivity index (χ3v) is 4.98. The van der Waals surface area contributed by atoms with Crippen molar-refractivity contribution in [3.05, 3.63) is 59.7 Å². The monoisotopic (exact) mass is 368 g/mol. The predicted molar refractivity (Wildman–Crippen MR) is 106 cm³/mol. The fourth-order valence-corrected chi connectivity index (χ4v) is 3.45. The molecule has 3 rings (SSSR count). The zero-order chi connectivity index (χ0) is 19.1. The minimum Gasteiger partial charge on any atom is -0.493 e. The van der Waals surface area contributed by atoms with Crippen LogP contribution in [0.4, 0.5) is 0 Å². The quantitative estimate of drug-likeness (QED) is 0.745. The van der Waals surface area contributed by atoms with Gasteiger partial charge in [0.15, 0.2) is 11.5 Å². The summed E-state index contributed by atoms with van der Waals surface area (Å²) in [6.07, 6.45) is 4.99. The fourth-order valence-electron chi connectivity index (χ4n) is 3.45. The molecule has 1 unspecified atom stereocenters. The zero-order valence-corrected chi connectivity index (χ0v) is 15.8. The first kappa shape index (κ1) is 19.2. The number of hydrogen-bond acceptors (Lipinski definition) is 4. The number of methoxy groups -OCH3 is 1. The van der Waals surface area contributed by atoms with Gasteiger partial charge in [0.1, 0.15) is 0 Å². The highest BCUT2D eigenvalue weighted by molar-refractivity contribution is 5.76. The first-order chi connectivity index (χ1) is 13.2. The topological polar surface area (TPSA) is 73.6 Å². The maximum atomic E-state index is 12.3. The van der Waals surface area contributed by atoms with Gasteiger partial charge in [0.05, 0.1) is 13.2 Å². The van der Waals surface area contributed by atoms with Gasteiger partial charge < -0.3 is 20.5 Å². The average Bonchev–Trinajstić information content (AvgIpc) is 3.21. The smallest absolute Gasteiger partial charge is 0.222 e. The number of carbonyl (C=O) groups excluding carboxylic acids is 1. The summed E-state index contributed by atoms with van der Waals surface area (Å²) in [7, 11) is 1.64. The second kappa shape index (κ2) is 9.42. The van der Waals surface area contributed by atoms with Crippen LogP contribution in [0.2, 0.25) is 0 Å². The Hall–Kier alpha value is -2.53. The number of benzene rings is 2. The van der Waals surface area contributed by atoms with Crippen LogP contribution in [-0.4, -0.2) is 19.1 Å². The van der Waals surface area contributed by atoms with E-state index in [0.29, 0.717) is 12.3 Å². The second-order valence-corrected chi connectivity index (χ2v) is 6.97. The van der Waals surface area contributed by atoms with Gasteiger partial charge in [0, 0.05) is 24.6 Å². The molecule has 1 atom stereocenters. The highest BCUT2D eigenvalue weighted by atomic mass is 16.5. The second-order valence-electron chi connectivity index (χ2n) is 6.97. The van der Waals surface area contributed by atoms with E-state index in [9.17, 15) is 4.79 Å². The van der Waals surface area contributed by atoms with Crippen molar-refractivity contribution in [2.75, 3.05) is 7.11 Å². The van der Waals surface area contributed by atoms with Crippen molar-refractivity contribution in [1.29, 1.82) is 0 Å². The normalized spacial score (nSPS) is 15.3. The van der Waals surface area contributed by atoms with Crippen LogP contribution in [0.3, 0.4) is 0 Å². The number of nitrogens with one attached hydrogen (secondary N) is 1. The summed E-state index contributed by atoms with van der Waals surface area (Å²) in [6.45, 7) is 0.388. The van der Waals surface area contributed by atoms with Crippen LogP contribution >= 0.6 is 0 Å². The predicted octanol–water partition coefficient (Wildman–Crippen LogP) is 3.72. The Morgan fingerprint density at radius 1 is 1.15 bits per heavy atom. The van der Waals surface area contributed by atoms with Gasteiger partial charge in [-0.3, -0.25) is 4.79 Å². The Balaban J connectivity index is 1.62. The fraction of sp³-hybridized carbons (Fsp3) is 0.409. The molecule has 0 radical (unpaired) electrons. The molecule has 0 aromatic heterocycles. The van der Waals surface area contributed by atoms with Crippen LogP contribution < -0.4 is 20.5 Å². The van der Waals surface area contributed by atoms with Crippen molar-refractivity contribution in [1.82, 2.24) is 5.32 Å². The van der Waals surface area contributed by atoms with E-state index in [1.807, 2.05) is 48.5 Å². The molecule has 3 N–H and O–H groups in total. The van der Waals surface area contributed by atoms with E-state index in [-0.39, 0.29) is 24.5 Å². The van der Waals surface area contributed by atoms with Crippen LogP contribution in [0.5, 0.6) is 11.5 Å². The molecule has 1 aliphatic carbocycles. The van der Waals surface area contributed by atoms with E-state index in [0.717, 1.165) is 29.7 Å². The highest BCUT2D eigenvalue weighted by Crippen LogP contribution is 2.34. The third-order valence-electron chi connectivity index (χ3n) is 4.98. The Morgan fingerprint density at radius 3 is 2.59 bits per heavy atom. The number of hydrogen-bond donors (Lipinski definition) is 2. The lowest BCUT2D eigenvalue weighted by molar-refractivity contribution is -0.121. The minimum atomic E-state index is -0.314. The van der Waals surface area contributed by atoms with E-state index < -0.39 is 0 Å². The zero-order valence-electron chi connectivity index (χ0n) is 15.8. The van der Waals surface area contributed by atoms with Crippen LogP contribution in [0, 0.1) is 0 Å². The molecular formula is C22H28N2O3. The summed E-state index contributed by atoms with van der Waals surface area (Å²) in [5.74, 6) is 1.36. The average molecular weight is 368 g/mol. The lowest BCUT2D eigenvalue weighted by atomic mass is 10.0. The van der Waals surface area contributed by atoms with Crippen molar-refractivity contribution < 1.29 is 14.3 Å². The Labute approximate surface area is 160 Å². The molecule has 2 aromatic rings. The lowest BCUT2D eigenvalue weighted by Crippen LogP contribution is -2.27. The Morgan fingerprint density at radius 2 is 1.89 bits per heavy atom. The summed E-state index contributed by atoms with van der Waals surface area (Å²) in [4.78, 5) is 12.3. The molecule has 0 saturated heterocycles. The molecule has 1 amide bonds. The number of carbonyl (C=O) groups is 1. The molecule has 0 bridgehead atoms. The van der Waals surface area contributed by atoms with Crippen molar-refractivity contribution in [2.24, 2.45) is 5.73 Å². The summed E-state index contributed by atoms with van der Waals surface area (Å²) >= 11 is 0. The van der Waals surface area contributed by atoms with Gasteiger partial charge in [0.25, 0.3) is 0 Å². The number of amides is 1. The minimum absolute atomic E-state index is 0.0824. The number of rotatable bonds is 8. The SMILES string of the molecule is COc1cccc(CNC(=O)CC(N)c2ccccc2)c1OC1CCCC1. The van der Waals surface area contributed by atoms with E-state index in [2.05, 4.69) is 5.32 Å². The Bertz CT molecular complexity index is 742. The molecule has 0 heterocycles. The van der Waals surface area contributed by atoms with E-state index in [1.165, 1.54) is 12.8 Å². The lowest BCUT2D eigenvalue weighted by Gasteiger charge is -2.19. The van der Waals surface area contributed by atoms with Crippen molar-refractivity contribution in [2.45, 2.75) is 50.8 Å².